The van der Waals surface area contributed by atoms with E-state index < -0.39 is 35.5 Å². The first-order chi connectivity index (χ1) is 13.1. The summed E-state index contributed by atoms with van der Waals surface area (Å²) in [6.07, 6.45) is -3.64. The molecule has 0 fully saturated rings. The third-order valence-electron chi connectivity index (χ3n) is 4.78. The van der Waals surface area contributed by atoms with Crippen molar-refractivity contribution in [2.45, 2.75) is 31.3 Å². The number of anilines is 1. The molecule has 1 aromatic carbocycles. The van der Waals surface area contributed by atoms with Gasteiger partial charge in [-0.3, -0.25) is 5.32 Å². The van der Waals surface area contributed by atoms with Crippen molar-refractivity contribution in [3.05, 3.63) is 45.8 Å². The van der Waals surface area contributed by atoms with Crippen LogP contribution in [0.1, 0.15) is 17.5 Å². The number of halogens is 7. The second-order valence-corrected chi connectivity index (χ2v) is 7.34. The van der Waals surface area contributed by atoms with Gasteiger partial charge in [0.15, 0.2) is 17.1 Å². The highest BCUT2D eigenvalue weighted by molar-refractivity contribution is 9.10. The normalized spacial score (nSPS) is 20.6. The molecule has 0 bridgehead atoms. The summed E-state index contributed by atoms with van der Waals surface area (Å²) in [5.41, 5.74) is -1.76. The van der Waals surface area contributed by atoms with Gasteiger partial charge in [-0.2, -0.15) is 22.0 Å². The first-order valence-corrected chi connectivity index (χ1v) is 8.89. The zero-order valence-electron chi connectivity index (χ0n) is 13.9. The summed E-state index contributed by atoms with van der Waals surface area (Å²) in [4.78, 5) is 0. The molecule has 1 aromatic heterocycles. The second kappa shape index (κ2) is 6.43. The molecule has 150 valence electrons. The number of alkyl halides is 5. The first kappa shape index (κ1) is 19.2. The first-order valence-electron chi connectivity index (χ1n) is 8.10. The molecule has 2 aliphatic heterocycles. The van der Waals surface area contributed by atoms with Gasteiger partial charge < -0.3 is 9.47 Å². The van der Waals surface area contributed by atoms with Gasteiger partial charge in [0.05, 0.1) is 16.6 Å². The average Bonchev–Trinajstić information content (AvgIpc) is 2.96. The van der Waals surface area contributed by atoms with Crippen molar-refractivity contribution >= 4 is 21.7 Å². The van der Waals surface area contributed by atoms with Gasteiger partial charge >= 0.3 is 18.6 Å². The highest BCUT2D eigenvalue weighted by atomic mass is 79.9. The minimum Gasteiger partial charge on any atom is -0.490 e. The predicted octanol–water partition coefficient (Wildman–Crippen LogP) is 4.60. The average molecular weight is 470 g/mol. The lowest BCUT2D eigenvalue weighted by atomic mass is 9.85. The maximum Gasteiger partial charge on any atom is 0.419 e. The second-order valence-electron chi connectivity index (χ2n) is 6.49. The van der Waals surface area contributed by atoms with Gasteiger partial charge in [-0.1, -0.05) is 0 Å². The summed E-state index contributed by atoms with van der Waals surface area (Å²) >= 11 is 3.06. The van der Waals surface area contributed by atoms with Gasteiger partial charge in [0.1, 0.15) is 12.7 Å². The number of benzene rings is 1. The number of hydrogen-bond acceptors (Lipinski definition) is 3. The topological polar surface area (TPSA) is 34.4 Å². The molecule has 28 heavy (non-hydrogen) atoms. The standard InChI is InChI=1S/C17H11BrF6N2O2/c18-10-2-1-9-13(12(10)19)27-4-3-16(9)7-26-6-8(17(22,23)24)5-11(14(26)25-16)28-15(20)21/h1-2,5-6,15H,3-4,7H2/p+1/t16-/m1/s1. The van der Waals surface area contributed by atoms with Crippen LogP contribution in [0.4, 0.5) is 32.2 Å². The van der Waals surface area contributed by atoms with E-state index in [9.17, 15) is 26.3 Å². The van der Waals surface area contributed by atoms with Crippen LogP contribution in [0.3, 0.4) is 0 Å². The maximum atomic E-state index is 14.4. The van der Waals surface area contributed by atoms with Crippen molar-refractivity contribution < 1.29 is 40.4 Å². The molecule has 4 nitrogen and oxygen atoms in total. The summed E-state index contributed by atoms with van der Waals surface area (Å²) in [5, 5.41) is 2.98. The number of pyridine rings is 1. The fourth-order valence-corrected chi connectivity index (χ4v) is 3.90. The Kier molecular flexibility index (Phi) is 4.40. The van der Waals surface area contributed by atoms with E-state index in [4.69, 9.17) is 4.74 Å². The number of hydrogen-bond donors (Lipinski definition) is 1. The number of rotatable bonds is 2. The molecule has 0 radical (unpaired) electrons. The Hall–Kier alpha value is -2.17. The van der Waals surface area contributed by atoms with E-state index in [2.05, 4.69) is 26.0 Å². The van der Waals surface area contributed by atoms with E-state index in [1.165, 1.54) is 6.07 Å². The molecule has 2 aromatic rings. The van der Waals surface area contributed by atoms with Crippen molar-refractivity contribution in [3.8, 4) is 11.5 Å². The van der Waals surface area contributed by atoms with Gasteiger partial charge in [-0.15, -0.1) is 0 Å². The Bertz CT molecular complexity index is 952. The van der Waals surface area contributed by atoms with Gasteiger partial charge in [0.25, 0.3) is 0 Å². The molecule has 2 aliphatic rings. The SMILES string of the molecule is Fc1c(Br)ccc2c1OCC[C@@]21C[n+]2cc(C(F)(F)F)cc(OC(F)F)c2N1. The van der Waals surface area contributed by atoms with Crippen molar-refractivity contribution in [1.29, 1.82) is 0 Å². The number of aromatic nitrogens is 1. The lowest BCUT2D eigenvalue weighted by molar-refractivity contribution is -0.679. The zero-order chi connectivity index (χ0) is 20.3. The Morgan fingerprint density at radius 2 is 2.04 bits per heavy atom. The minimum absolute atomic E-state index is 0.0334. The molecule has 0 saturated heterocycles. The lowest BCUT2D eigenvalue weighted by Gasteiger charge is -2.31. The van der Waals surface area contributed by atoms with Crippen LogP contribution < -0.4 is 19.4 Å². The van der Waals surface area contributed by atoms with E-state index in [1.807, 2.05) is 0 Å². The number of fused-ring (bicyclic) bond motifs is 3. The smallest absolute Gasteiger partial charge is 0.419 e. The quantitative estimate of drug-likeness (QED) is 0.515. The number of nitrogens with zero attached hydrogens (tertiary/aromatic N) is 1. The molecule has 1 spiro atoms. The third-order valence-corrected chi connectivity index (χ3v) is 5.40. The minimum atomic E-state index is -4.75. The monoisotopic (exact) mass is 469 g/mol. The van der Waals surface area contributed by atoms with Crippen LogP contribution in [0, 0.1) is 5.82 Å². The van der Waals surface area contributed by atoms with Crippen LogP contribution >= 0.6 is 15.9 Å². The highest BCUT2D eigenvalue weighted by Gasteiger charge is 2.52. The van der Waals surface area contributed by atoms with Crippen LogP contribution in [0.25, 0.3) is 0 Å². The number of ether oxygens (including phenoxy) is 2. The van der Waals surface area contributed by atoms with Gasteiger partial charge in [0, 0.05) is 18.1 Å². The van der Waals surface area contributed by atoms with E-state index >= 15 is 0 Å². The summed E-state index contributed by atoms with van der Waals surface area (Å²) in [5.74, 6) is -1.34. The van der Waals surface area contributed by atoms with Crippen molar-refractivity contribution in [1.82, 2.24) is 0 Å². The van der Waals surface area contributed by atoms with E-state index in [0.717, 1.165) is 10.8 Å². The summed E-state index contributed by atoms with van der Waals surface area (Å²) in [7, 11) is 0. The Balaban J connectivity index is 1.84. The fourth-order valence-electron chi connectivity index (χ4n) is 3.58. The fraction of sp³-hybridized carbons (Fsp3) is 0.353. The Morgan fingerprint density at radius 1 is 1.29 bits per heavy atom. The van der Waals surface area contributed by atoms with Crippen molar-refractivity contribution in [2.24, 2.45) is 0 Å². The van der Waals surface area contributed by atoms with Crippen molar-refractivity contribution in [2.75, 3.05) is 11.9 Å². The van der Waals surface area contributed by atoms with Gasteiger partial charge in [-0.05, 0) is 28.1 Å². The molecule has 0 aliphatic carbocycles. The summed E-state index contributed by atoms with van der Waals surface area (Å²) < 4.78 is 90.6. The van der Waals surface area contributed by atoms with E-state index in [0.29, 0.717) is 11.6 Å². The summed E-state index contributed by atoms with van der Waals surface area (Å²) in [6, 6.07) is 3.56. The molecule has 11 heteroatoms. The molecule has 3 heterocycles. The maximum absolute atomic E-state index is 14.4. The van der Waals surface area contributed by atoms with Crippen LogP contribution in [-0.2, 0) is 18.3 Å². The number of nitrogens with one attached hydrogen (secondary N) is 1. The molecular weight excluding hydrogens is 458 g/mol. The Labute approximate surface area is 163 Å². The zero-order valence-corrected chi connectivity index (χ0v) is 15.5. The van der Waals surface area contributed by atoms with Crippen LogP contribution in [0.5, 0.6) is 11.5 Å². The molecule has 0 saturated carbocycles. The lowest BCUT2D eigenvalue weighted by Crippen LogP contribution is -2.44. The molecule has 4 rings (SSSR count). The third kappa shape index (κ3) is 3.05. The van der Waals surface area contributed by atoms with Gasteiger partial charge in [0.2, 0.25) is 5.75 Å². The van der Waals surface area contributed by atoms with Gasteiger partial charge in [-0.25, -0.2) is 8.96 Å². The largest absolute Gasteiger partial charge is 0.490 e. The van der Waals surface area contributed by atoms with Crippen LogP contribution in [-0.4, -0.2) is 13.2 Å². The molecule has 1 atom stereocenters. The molecule has 0 amide bonds. The Morgan fingerprint density at radius 3 is 2.71 bits per heavy atom. The highest BCUT2D eigenvalue weighted by Crippen LogP contribution is 2.47. The van der Waals surface area contributed by atoms with Crippen molar-refractivity contribution in [3.63, 3.8) is 0 Å². The van der Waals surface area contributed by atoms with Crippen LogP contribution in [0.15, 0.2) is 28.9 Å². The van der Waals surface area contributed by atoms with E-state index in [-0.39, 0.29) is 35.6 Å². The van der Waals surface area contributed by atoms with E-state index in [1.54, 1.807) is 6.07 Å². The van der Waals surface area contributed by atoms with Crippen LogP contribution in [0.2, 0.25) is 0 Å². The molecule has 1 N–H and O–H groups in total. The molecular formula is C17H12BrF6N2O2+. The molecule has 0 unspecified atom stereocenters. The summed E-state index contributed by atoms with van der Waals surface area (Å²) in [6.45, 7) is -3.25. The predicted molar refractivity (Wildman–Crippen MR) is 87.8 cm³/mol.